The smallest absolute Gasteiger partial charge is 0.311 e. The van der Waals surface area contributed by atoms with Gasteiger partial charge >= 0.3 is 5.97 Å². The highest BCUT2D eigenvalue weighted by Gasteiger charge is 2.44. The quantitative estimate of drug-likeness (QED) is 0.628. The summed E-state index contributed by atoms with van der Waals surface area (Å²) in [7, 11) is 1.50. The molecule has 76 valence electrons. The molecule has 0 radical (unpaired) electrons. The summed E-state index contributed by atoms with van der Waals surface area (Å²) in [6, 6.07) is 0. The molecular formula is C11H20O2. The lowest BCUT2D eigenvalue weighted by Gasteiger charge is -2.39. The van der Waals surface area contributed by atoms with Crippen molar-refractivity contribution in [3.8, 4) is 0 Å². The summed E-state index contributed by atoms with van der Waals surface area (Å²) in [6.07, 6.45) is 5.40. The largest absolute Gasteiger partial charge is 0.469 e. The molecular weight excluding hydrogens is 164 g/mol. The van der Waals surface area contributed by atoms with Crippen molar-refractivity contribution in [3.63, 3.8) is 0 Å². The van der Waals surface area contributed by atoms with E-state index >= 15 is 0 Å². The molecule has 13 heavy (non-hydrogen) atoms. The molecule has 0 aromatic carbocycles. The molecule has 0 bridgehead atoms. The van der Waals surface area contributed by atoms with Gasteiger partial charge in [-0.25, -0.2) is 0 Å². The summed E-state index contributed by atoms with van der Waals surface area (Å²) in [5, 5.41) is 0. The standard InChI is InChI=1S/C11H20O2/c1-9(2)5-8-11(6-4-7-11)10(12)13-3/h9H,4-8H2,1-3H3. The van der Waals surface area contributed by atoms with Gasteiger partial charge in [-0.15, -0.1) is 0 Å². The van der Waals surface area contributed by atoms with Crippen LogP contribution >= 0.6 is 0 Å². The van der Waals surface area contributed by atoms with Crippen LogP contribution in [0, 0.1) is 11.3 Å². The number of hydrogen-bond acceptors (Lipinski definition) is 2. The molecule has 1 aliphatic rings. The van der Waals surface area contributed by atoms with Gasteiger partial charge in [-0.3, -0.25) is 4.79 Å². The van der Waals surface area contributed by atoms with E-state index in [1.54, 1.807) is 0 Å². The number of methoxy groups -OCH3 is 1. The second-order valence-corrected chi connectivity index (χ2v) is 4.56. The topological polar surface area (TPSA) is 26.3 Å². The number of esters is 1. The van der Waals surface area contributed by atoms with Gasteiger partial charge in [0.1, 0.15) is 0 Å². The molecule has 1 aliphatic carbocycles. The molecule has 0 saturated heterocycles. The van der Waals surface area contributed by atoms with Crippen LogP contribution in [0.4, 0.5) is 0 Å². The minimum atomic E-state index is -0.0982. The molecule has 2 nitrogen and oxygen atoms in total. The van der Waals surface area contributed by atoms with E-state index in [-0.39, 0.29) is 11.4 Å². The summed E-state index contributed by atoms with van der Waals surface area (Å²) in [6.45, 7) is 4.40. The minimum absolute atomic E-state index is 0.0133. The van der Waals surface area contributed by atoms with Gasteiger partial charge in [0.05, 0.1) is 12.5 Å². The molecule has 0 unspecified atom stereocenters. The number of rotatable bonds is 4. The average molecular weight is 184 g/mol. The van der Waals surface area contributed by atoms with Crippen molar-refractivity contribution in [2.75, 3.05) is 7.11 Å². The summed E-state index contributed by atoms with van der Waals surface area (Å²) in [4.78, 5) is 11.5. The van der Waals surface area contributed by atoms with Crippen molar-refractivity contribution in [2.24, 2.45) is 11.3 Å². The average Bonchev–Trinajstić information content (AvgIpc) is 2.01. The van der Waals surface area contributed by atoms with Crippen LogP contribution in [0.5, 0.6) is 0 Å². The molecule has 0 N–H and O–H groups in total. The zero-order chi connectivity index (χ0) is 9.90. The van der Waals surface area contributed by atoms with Gasteiger partial charge in [-0.05, 0) is 31.6 Å². The maximum absolute atomic E-state index is 11.5. The highest BCUT2D eigenvalue weighted by Crippen LogP contribution is 2.46. The Balaban J connectivity index is 2.45. The Morgan fingerprint density at radius 3 is 2.38 bits per heavy atom. The predicted molar refractivity (Wildman–Crippen MR) is 52.4 cm³/mol. The Morgan fingerprint density at radius 1 is 1.46 bits per heavy atom. The molecule has 0 atom stereocenters. The first-order chi connectivity index (χ1) is 6.10. The van der Waals surface area contributed by atoms with Crippen molar-refractivity contribution in [1.29, 1.82) is 0 Å². The van der Waals surface area contributed by atoms with Crippen molar-refractivity contribution in [1.82, 2.24) is 0 Å². The highest BCUT2D eigenvalue weighted by molar-refractivity contribution is 5.77. The van der Waals surface area contributed by atoms with Crippen molar-refractivity contribution in [3.05, 3.63) is 0 Å². The van der Waals surface area contributed by atoms with E-state index < -0.39 is 0 Å². The fourth-order valence-electron chi connectivity index (χ4n) is 1.94. The van der Waals surface area contributed by atoms with Crippen LogP contribution in [0.2, 0.25) is 0 Å². The van der Waals surface area contributed by atoms with Gasteiger partial charge in [-0.1, -0.05) is 20.3 Å². The molecule has 0 amide bonds. The van der Waals surface area contributed by atoms with Crippen LogP contribution in [0.15, 0.2) is 0 Å². The zero-order valence-electron chi connectivity index (χ0n) is 8.93. The SMILES string of the molecule is COC(=O)C1(CCC(C)C)CCC1. The first-order valence-electron chi connectivity index (χ1n) is 5.19. The van der Waals surface area contributed by atoms with Crippen molar-refractivity contribution >= 4 is 5.97 Å². The maximum Gasteiger partial charge on any atom is 0.311 e. The van der Waals surface area contributed by atoms with Crippen LogP contribution in [0.3, 0.4) is 0 Å². The second kappa shape index (κ2) is 4.12. The summed E-state index contributed by atoms with van der Waals surface area (Å²) in [5.41, 5.74) is -0.0982. The number of carbonyl (C=O) groups is 1. The zero-order valence-corrected chi connectivity index (χ0v) is 8.93. The first-order valence-corrected chi connectivity index (χ1v) is 5.19. The van der Waals surface area contributed by atoms with E-state index in [1.165, 1.54) is 13.5 Å². The highest BCUT2D eigenvalue weighted by atomic mass is 16.5. The lowest BCUT2D eigenvalue weighted by molar-refractivity contribution is -0.159. The van der Waals surface area contributed by atoms with E-state index in [2.05, 4.69) is 13.8 Å². The number of carbonyl (C=O) groups excluding carboxylic acids is 1. The lowest BCUT2D eigenvalue weighted by atomic mass is 9.65. The molecule has 0 aromatic heterocycles. The molecule has 2 heteroatoms. The van der Waals surface area contributed by atoms with Crippen LogP contribution < -0.4 is 0 Å². The Kier molecular flexibility index (Phi) is 3.34. The van der Waals surface area contributed by atoms with Gasteiger partial charge in [0.2, 0.25) is 0 Å². The third-order valence-corrected chi connectivity index (χ3v) is 3.13. The van der Waals surface area contributed by atoms with Crippen molar-refractivity contribution in [2.45, 2.75) is 46.0 Å². The van der Waals surface area contributed by atoms with Crippen LogP contribution in [0.25, 0.3) is 0 Å². The van der Waals surface area contributed by atoms with E-state index in [1.807, 2.05) is 0 Å². The third-order valence-electron chi connectivity index (χ3n) is 3.13. The molecule has 1 rings (SSSR count). The monoisotopic (exact) mass is 184 g/mol. The minimum Gasteiger partial charge on any atom is -0.469 e. The second-order valence-electron chi connectivity index (χ2n) is 4.56. The number of ether oxygens (including phenoxy) is 1. The molecule has 1 saturated carbocycles. The van der Waals surface area contributed by atoms with Gasteiger partial charge < -0.3 is 4.74 Å². The normalized spacial score (nSPS) is 19.7. The molecule has 1 fully saturated rings. The predicted octanol–water partition coefficient (Wildman–Crippen LogP) is 2.77. The molecule has 0 heterocycles. The first kappa shape index (κ1) is 10.6. The Hall–Kier alpha value is -0.530. The Bertz CT molecular complexity index is 181. The molecule has 0 aliphatic heterocycles. The van der Waals surface area contributed by atoms with Crippen LogP contribution in [-0.4, -0.2) is 13.1 Å². The van der Waals surface area contributed by atoms with E-state index in [0.29, 0.717) is 5.92 Å². The Morgan fingerprint density at radius 2 is 2.08 bits per heavy atom. The van der Waals surface area contributed by atoms with Gasteiger partial charge in [0, 0.05) is 0 Å². The van der Waals surface area contributed by atoms with E-state index in [9.17, 15) is 4.79 Å². The van der Waals surface area contributed by atoms with Crippen molar-refractivity contribution < 1.29 is 9.53 Å². The number of hydrogen-bond donors (Lipinski definition) is 0. The third kappa shape index (κ3) is 2.23. The van der Waals surface area contributed by atoms with E-state index in [4.69, 9.17) is 4.74 Å². The van der Waals surface area contributed by atoms with Gasteiger partial charge in [0.15, 0.2) is 0 Å². The van der Waals surface area contributed by atoms with E-state index in [0.717, 1.165) is 25.7 Å². The van der Waals surface area contributed by atoms with Crippen LogP contribution in [-0.2, 0) is 9.53 Å². The summed E-state index contributed by atoms with van der Waals surface area (Å²) < 4.78 is 4.85. The van der Waals surface area contributed by atoms with Gasteiger partial charge in [-0.2, -0.15) is 0 Å². The fourth-order valence-corrected chi connectivity index (χ4v) is 1.94. The maximum atomic E-state index is 11.5. The molecule has 0 spiro atoms. The molecule has 0 aromatic rings. The summed E-state index contributed by atoms with van der Waals surface area (Å²) >= 11 is 0. The fraction of sp³-hybridized carbons (Fsp3) is 0.909. The van der Waals surface area contributed by atoms with Crippen LogP contribution in [0.1, 0.15) is 46.0 Å². The Labute approximate surface area is 80.7 Å². The summed E-state index contributed by atoms with van der Waals surface area (Å²) in [5.74, 6) is 0.696. The lowest BCUT2D eigenvalue weighted by Crippen LogP contribution is -2.39. The van der Waals surface area contributed by atoms with Gasteiger partial charge in [0.25, 0.3) is 0 Å².